The third-order valence-corrected chi connectivity index (χ3v) is 4.95. The van der Waals surface area contributed by atoms with E-state index >= 15 is 0 Å². The van der Waals surface area contributed by atoms with Gasteiger partial charge in [-0.2, -0.15) is 0 Å². The maximum Gasteiger partial charge on any atom is 0.0444 e. The van der Waals surface area contributed by atoms with E-state index in [0.717, 1.165) is 6.54 Å². The Labute approximate surface area is 151 Å². The molecule has 0 unspecified atom stereocenters. The van der Waals surface area contributed by atoms with Crippen LogP contribution in [0.1, 0.15) is 96.8 Å². The van der Waals surface area contributed by atoms with Crippen molar-refractivity contribution in [3.63, 3.8) is 0 Å². The molecule has 0 fully saturated rings. The van der Waals surface area contributed by atoms with Crippen LogP contribution in [-0.4, -0.2) is 13.6 Å². The molecule has 0 saturated carbocycles. The second-order valence-corrected chi connectivity index (χ2v) is 7.27. The average Bonchev–Trinajstić information content (AvgIpc) is 2.62. The first kappa shape index (κ1) is 21.1. The van der Waals surface area contributed by atoms with Crippen molar-refractivity contribution < 1.29 is 0 Å². The Morgan fingerprint density at radius 3 is 1.67 bits per heavy atom. The number of hydrogen-bond acceptors (Lipinski definition) is 1. The van der Waals surface area contributed by atoms with Gasteiger partial charge >= 0.3 is 0 Å². The molecule has 1 aromatic rings. The van der Waals surface area contributed by atoms with Gasteiger partial charge in [0.2, 0.25) is 0 Å². The molecule has 0 bridgehead atoms. The lowest BCUT2D eigenvalue weighted by molar-refractivity contribution is 0.535. The zero-order valence-corrected chi connectivity index (χ0v) is 16.4. The van der Waals surface area contributed by atoms with Crippen molar-refractivity contribution in [2.75, 3.05) is 18.5 Å². The van der Waals surface area contributed by atoms with E-state index in [0.29, 0.717) is 0 Å². The van der Waals surface area contributed by atoms with Gasteiger partial charge in [0, 0.05) is 25.3 Å². The van der Waals surface area contributed by atoms with Crippen LogP contribution < -0.4 is 4.90 Å². The number of anilines is 1. The molecule has 0 amide bonds. The van der Waals surface area contributed by atoms with Gasteiger partial charge in [0.15, 0.2) is 0 Å². The third-order valence-electron chi connectivity index (χ3n) is 4.95. The Balaban J connectivity index is 1.79. The fourth-order valence-corrected chi connectivity index (χ4v) is 3.29. The zero-order valence-electron chi connectivity index (χ0n) is 16.4. The lowest BCUT2D eigenvalue weighted by atomic mass is 10.0. The van der Waals surface area contributed by atoms with E-state index < -0.39 is 0 Å². The number of unbranched alkanes of at least 4 members (excludes halogenated alkanes) is 13. The summed E-state index contributed by atoms with van der Waals surface area (Å²) in [6.45, 7) is 3.44. The first-order chi connectivity index (χ1) is 11.8. The van der Waals surface area contributed by atoms with E-state index in [4.69, 9.17) is 0 Å². The number of nitrogens with zero attached hydrogens (tertiary/aromatic N) is 1. The van der Waals surface area contributed by atoms with E-state index in [1.54, 1.807) is 0 Å². The normalized spacial score (nSPS) is 10.9. The van der Waals surface area contributed by atoms with Crippen molar-refractivity contribution in [2.45, 2.75) is 96.8 Å². The van der Waals surface area contributed by atoms with Gasteiger partial charge < -0.3 is 4.90 Å². The molecule has 0 aliphatic carbocycles. The zero-order chi connectivity index (χ0) is 17.3. The van der Waals surface area contributed by atoms with Gasteiger partial charge in [0.1, 0.15) is 0 Å². The van der Waals surface area contributed by atoms with Crippen molar-refractivity contribution in [1.29, 1.82) is 0 Å². The summed E-state index contributed by atoms with van der Waals surface area (Å²) in [5.41, 5.74) is 1.21. The standard InChI is InChI=1S/C23H40N/c1-3-4-5-6-7-8-9-10-11-12-13-14-15-19-22-24(2)23-20-17-16-18-21-23/h16-18,20H,3-15,19,22H2,1-2H3. The number of hydrogen-bond donors (Lipinski definition) is 0. The lowest BCUT2D eigenvalue weighted by Gasteiger charge is -2.18. The molecule has 0 atom stereocenters. The largest absolute Gasteiger partial charge is 0.374 e. The van der Waals surface area contributed by atoms with Crippen LogP contribution in [0.2, 0.25) is 0 Å². The molecule has 1 rings (SSSR count). The Hall–Kier alpha value is -0.980. The van der Waals surface area contributed by atoms with Crippen molar-refractivity contribution in [2.24, 2.45) is 0 Å². The minimum atomic E-state index is 1.15. The highest BCUT2D eigenvalue weighted by Crippen LogP contribution is 2.14. The first-order valence-corrected chi connectivity index (χ1v) is 10.5. The van der Waals surface area contributed by atoms with E-state index in [9.17, 15) is 0 Å². The molecule has 0 heterocycles. The third kappa shape index (κ3) is 11.5. The monoisotopic (exact) mass is 330 g/mol. The maximum atomic E-state index is 3.29. The Bertz CT molecular complexity index is 360. The molecule has 1 radical (unpaired) electrons. The highest BCUT2D eigenvalue weighted by Gasteiger charge is 1.99. The van der Waals surface area contributed by atoms with E-state index in [1.807, 2.05) is 12.1 Å². The van der Waals surface area contributed by atoms with E-state index in [-0.39, 0.29) is 0 Å². The maximum absolute atomic E-state index is 3.29. The molecule has 137 valence electrons. The van der Waals surface area contributed by atoms with E-state index in [1.165, 1.54) is 95.6 Å². The van der Waals surface area contributed by atoms with Crippen LogP contribution in [-0.2, 0) is 0 Å². The molecule has 1 nitrogen and oxygen atoms in total. The Kier molecular flexibility index (Phi) is 13.6. The number of benzene rings is 1. The summed E-state index contributed by atoms with van der Waals surface area (Å²) < 4.78 is 0. The first-order valence-electron chi connectivity index (χ1n) is 10.5. The molecule has 0 aromatic heterocycles. The minimum Gasteiger partial charge on any atom is -0.374 e. The fourth-order valence-electron chi connectivity index (χ4n) is 3.29. The molecule has 0 spiro atoms. The summed E-state index contributed by atoms with van der Waals surface area (Å²) >= 11 is 0. The predicted molar refractivity (Wildman–Crippen MR) is 109 cm³/mol. The van der Waals surface area contributed by atoms with Gasteiger partial charge in [-0.1, -0.05) is 109 Å². The number of para-hydroxylation sites is 1. The molecule has 1 heteroatoms. The second kappa shape index (κ2) is 15.5. The van der Waals surface area contributed by atoms with Crippen molar-refractivity contribution in [3.8, 4) is 0 Å². The summed E-state index contributed by atoms with van der Waals surface area (Å²) in [5.74, 6) is 0. The van der Waals surface area contributed by atoms with Gasteiger partial charge in [-0.25, -0.2) is 0 Å². The highest BCUT2D eigenvalue weighted by molar-refractivity contribution is 5.43. The summed E-state index contributed by atoms with van der Waals surface area (Å²) in [6.07, 6.45) is 20.0. The van der Waals surface area contributed by atoms with Gasteiger partial charge in [-0.3, -0.25) is 0 Å². The highest BCUT2D eigenvalue weighted by atomic mass is 15.1. The van der Waals surface area contributed by atoms with Gasteiger partial charge in [0.05, 0.1) is 0 Å². The van der Waals surface area contributed by atoms with Gasteiger partial charge in [-0.05, 0) is 12.5 Å². The molecule has 1 aromatic carbocycles. The summed E-state index contributed by atoms with van der Waals surface area (Å²) in [4.78, 5) is 2.32. The molecule has 0 saturated heterocycles. The van der Waals surface area contributed by atoms with Crippen molar-refractivity contribution >= 4 is 5.69 Å². The Morgan fingerprint density at radius 2 is 1.21 bits per heavy atom. The molecule has 0 aliphatic heterocycles. The van der Waals surface area contributed by atoms with Gasteiger partial charge in [0.25, 0.3) is 0 Å². The van der Waals surface area contributed by atoms with Crippen LogP contribution in [0.4, 0.5) is 5.69 Å². The van der Waals surface area contributed by atoms with E-state index in [2.05, 4.69) is 37.1 Å². The van der Waals surface area contributed by atoms with Gasteiger partial charge in [-0.15, -0.1) is 0 Å². The predicted octanol–water partition coefficient (Wildman–Crippen LogP) is 7.40. The smallest absolute Gasteiger partial charge is 0.0444 e. The quantitative estimate of drug-likeness (QED) is 0.285. The topological polar surface area (TPSA) is 3.24 Å². The van der Waals surface area contributed by atoms with Crippen LogP contribution in [0.3, 0.4) is 0 Å². The molecular formula is C23H40N. The minimum absolute atomic E-state index is 1.15. The molecule has 24 heavy (non-hydrogen) atoms. The van der Waals surface area contributed by atoms with Crippen LogP contribution in [0.15, 0.2) is 24.3 Å². The molecular weight excluding hydrogens is 290 g/mol. The second-order valence-electron chi connectivity index (χ2n) is 7.27. The average molecular weight is 331 g/mol. The summed E-state index contributed by atoms with van der Waals surface area (Å²) in [5, 5.41) is 0. The lowest BCUT2D eigenvalue weighted by Crippen LogP contribution is -2.18. The van der Waals surface area contributed by atoms with Crippen molar-refractivity contribution in [3.05, 3.63) is 30.3 Å². The fraction of sp³-hybridized carbons (Fsp3) is 0.739. The van der Waals surface area contributed by atoms with Crippen LogP contribution in [0.25, 0.3) is 0 Å². The summed E-state index contributed by atoms with van der Waals surface area (Å²) in [7, 11) is 2.17. The van der Waals surface area contributed by atoms with Crippen LogP contribution in [0, 0.1) is 6.07 Å². The SMILES string of the molecule is CCCCCCCCCCCCCCCCN(C)c1[c]cccc1. The summed E-state index contributed by atoms with van der Waals surface area (Å²) in [6, 6.07) is 11.6. The number of rotatable bonds is 16. The molecule has 0 N–H and O–H groups in total. The molecule has 0 aliphatic rings. The van der Waals surface area contributed by atoms with Crippen LogP contribution >= 0.6 is 0 Å². The van der Waals surface area contributed by atoms with Crippen molar-refractivity contribution in [1.82, 2.24) is 0 Å². The Morgan fingerprint density at radius 1 is 0.708 bits per heavy atom. The van der Waals surface area contributed by atoms with Crippen LogP contribution in [0.5, 0.6) is 0 Å².